The molecule has 0 bridgehead atoms. The van der Waals surface area contributed by atoms with Crippen LogP contribution in [-0.2, 0) is 30.1 Å². The summed E-state index contributed by atoms with van der Waals surface area (Å²) in [5, 5.41) is 4.22. The van der Waals surface area contributed by atoms with Crippen molar-refractivity contribution in [1.29, 1.82) is 0 Å². The number of rotatable bonds is 1. The molecule has 4 nitrogen and oxygen atoms in total. The summed E-state index contributed by atoms with van der Waals surface area (Å²) in [6, 6.07) is 8.90. The molecule has 0 radical (unpaired) electrons. The number of hydrogen-bond acceptors (Lipinski definition) is 2. The molecule has 2 atom stereocenters. The minimum Gasteiger partial charge on any atom is -0.363 e. The van der Waals surface area contributed by atoms with Crippen LogP contribution in [0.4, 0.5) is 26.3 Å². The topological polar surface area (TPSA) is 30.9 Å². The van der Waals surface area contributed by atoms with Gasteiger partial charge in [-0.1, -0.05) is 28.9 Å². The van der Waals surface area contributed by atoms with E-state index in [4.69, 9.17) is 4.74 Å². The van der Waals surface area contributed by atoms with E-state index in [0.29, 0.717) is 24.4 Å². The highest BCUT2D eigenvalue weighted by Crippen LogP contribution is 2.38. The summed E-state index contributed by atoms with van der Waals surface area (Å²) in [6.07, 6.45) is -7.89. The number of alkyl halides is 6. The first-order valence-electron chi connectivity index (χ1n) is 9.10. The molecule has 0 saturated carbocycles. The van der Waals surface area contributed by atoms with Gasteiger partial charge in [0, 0.05) is 11.5 Å². The van der Waals surface area contributed by atoms with Crippen molar-refractivity contribution < 1.29 is 35.6 Å². The quantitative estimate of drug-likeness (QED) is 0.431. The third-order valence-electron chi connectivity index (χ3n) is 5.47. The Morgan fingerprint density at radius 1 is 0.967 bits per heavy atom. The zero-order valence-corrected chi connectivity index (χ0v) is 15.2. The molecule has 0 spiro atoms. The Morgan fingerprint density at radius 2 is 1.63 bits per heavy atom. The molecule has 156 valence electrons. The lowest BCUT2D eigenvalue weighted by Gasteiger charge is -2.23. The maximum Gasteiger partial charge on any atom is 0.416 e. The average molecular weight is 426 g/mol. The lowest BCUT2D eigenvalue weighted by Crippen LogP contribution is -2.51. The van der Waals surface area contributed by atoms with E-state index in [9.17, 15) is 26.3 Å². The van der Waals surface area contributed by atoms with E-state index in [1.54, 1.807) is 4.57 Å². The van der Waals surface area contributed by atoms with Crippen LogP contribution in [0.3, 0.4) is 0 Å². The number of aromatic nitrogens is 3. The average Bonchev–Trinajstić information content (AvgIpc) is 3.27. The molecule has 2 heterocycles. The first-order chi connectivity index (χ1) is 14.1. The number of benzene rings is 2. The van der Waals surface area contributed by atoms with Gasteiger partial charge in [-0.25, -0.2) is 4.57 Å². The van der Waals surface area contributed by atoms with Gasteiger partial charge in [-0.05, 0) is 29.3 Å². The maximum absolute atomic E-state index is 13.2. The van der Waals surface area contributed by atoms with E-state index in [1.165, 1.54) is 6.33 Å². The SMILES string of the molecule is FC(F)(F)c1cc(-n2c[n+]3c(n2)COC2Cc4ccccc4C23)cc(C(F)(F)F)c1. The van der Waals surface area contributed by atoms with Gasteiger partial charge in [0.2, 0.25) is 6.33 Å². The predicted octanol–water partition coefficient (Wildman–Crippen LogP) is 4.24. The number of ether oxygens (including phenoxy) is 1. The molecule has 10 heteroatoms. The summed E-state index contributed by atoms with van der Waals surface area (Å²) >= 11 is 0. The Hall–Kier alpha value is -2.88. The van der Waals surface area contributed by atoms with E-state index in [-0.39, 0.29) is 30.5 Å². The predicted molar refractivity (Wildman–Crippen MR) is 90.6 cm³/mol. The monoisotopic (exact) mass is 426 g/mol. The number of halogens is 6. The van der Waals surface area contributed by atoms with E-state index in [0.717, 1.165) is 15.8 Å². The van der Waals surface area contributed by atoms with Crippen LogP contribution in [0.15, 0.2) is 48.8 Å². The van der Waals surface area contributed by atoms with Gasteiger partial charge >= 0.3 is 18.2 Å². The Morgan fingerprint density at radius 3 is 2.30 bits per heavy atom. The standard InChI is InChI=1S/C20H14F6N3O/c21-19(22,23)12-6-13(20(24,25)26)8-14(7-12)29-10-28-17(27-29)9-30-16-5-11-3-1-2-4-15(11)18(16)28/h1-4,6-8,10,16,18H,5,9H2/q+1. The third-order valence-corrected chi connectivity index (χ3v) is 5.47. The molecule has 1 aromatic heterocycles. The van der Waals surface area contributed by atoms with Crippen molar-refractivity contribution in [3.63, 3.8) is 0 Å². The summed E-state index contributed by atoms with van der Waals surface area (Å²) < 4.78 is 87.9. The lowest BCUT2D eigenvalue weighted by atomic mass is 10.1. The summed E-state index contributed by atoms with van der Waals surface area (Å²) in [7, 11) is 0. The lowest BCUT2D eigenvalue weighted by molar-refractivity contribution is -0.739. The molecule has 2 unspecified atom stereocenters. The molecular formula is C20H14F6N3O+. The number of hydrogen-bond donors (Lipinski definition) is 0. The van der Waals surface area contributed by atoms with E-state index < -0.39 is 23.5 Å². The van der Waals surface area contributed by atoms with Crippen LogP contribution < -0.4 is 4.57 Å². The zero-order chi connectivity index (χ0) is 21.3. The Kier molecular flexibility index (Phi) is 4.02. The molecule has 1 aliphatic heterocycles. The van der Waals surface area contributed by atoms with Gasteiger partial charge in [-0.15, -0.1) is 0 Å². The van der Waals surface area contributed by atoms with Gasteiger partial charge in [-0.2, -0.15) is 26.3 Å². The molecule has 2 aromatic carbocycles. The second-order valence-electron chi connectivity index (χ2n) is 7.34. The minimum atomic E-state index is -4.92. The first-order valence-corrected chi connectivity index (χ1v) is 9.10. The van der Waals surface area contributed by atoms with Crippen LogP contribution in [0, 0.1) is 0 Å². The van der Waals surface area contributed by atoms with Crippen molar-refractivity contribution in [2.45, 2.75) is 37.5 Å². The molecule has 30 heavy (non-hydrogen) atoms. The summed E-state index contributed by atoms with van der Waals surface area (Å²) in [5.41, 5.74) is -0.980. The van der Waals surface area contributed by atoms with Crippen LogP contribution in [0.5, 0.6) is 0 Å². The van der Waals surface area contributed by atoms with Crippen molar-refractivity contribution in [3.05, 3.63) is 76.9 Å². The van der Waals surface area contributed by atoms with Crippen LogP contribution >= 0.6 is 0 Å². The van der Waals surface area contributed by atoms with Gasteiger partial charge in [0.1, 0.15) is 24.4 Å². The van der Waals surface area contributed by atoms with Crippen molar-refractivity contribution in [3.8, 4) is 5.69 Å². The highest BCUT2D eigenvalue weighted by atomic mass is 19.4. The second kappa shape index (κ2) is 6.31. The van der Waals surface area contributed by atoms with Gasteiger partial charge in [-0.3, -0.25) is 0 Å². The van der Waals surface area contributed by atoms with Gasteiger partial charge in [0.05, 0.1) is 11.1 Å². The number of fused-ring (bicyclic) bond motifs is 5. The van der Waals surface area contributed by atoms with Crippen LogP contribution in [0.2, 0.25) is 0 Å². The summed E-state index contributed by atoms with van der Waals surface area (Å²) in [4.78, 5) is 0. The van der Waals surface area contributed by atoms with Crippen molar-refractivity contribution in [1.82, 2.24) is 9.78 Å². The molecule has 0 N–H and O–H groups in total. The fourth-order valence-corrected chi connectivity index (χ4v) is 4.12. The molecule has 0 saturated heterocycles. The third kappa shape index (κ3) is 3.06. The fraction of sp³-hybridized carbons (Fsp3) is 0.300. The maximum atomic E-state index is 13.2. The van der Waals surface area contributed by atoms with Crippen LogP contribution in [0.25, 0.3) is 5.69 Å². The smallest absolute Gasteiger partial charge is 0.363 e. The fourth-order valence-electron chi connectivity index (χ4n) is 4.12. The largest absolute Gasteiger partial charge is 0.416 e. The van der Waals surface area contributed by atoms with Crippen LogP contribution in [-0.4, -0.2) is 15.9 Å². The van der Waals surface area contributed by atoms with E-state index >= 15 is 0 Å². The molecule has 0 amide bonds. The first kappa shape index (κ1) is 19.1. The molecule has 2 aliphatic rings. The summed E-state index contributed by atoms with van der Waals surface area (Å²) in [6.45, 7) is 0.118. The van der Waals surface area contributed by atoms with Gasteiger partial charge in [0.15, 0.2) is 0 Å². The molecule has 5 rings (SSSR count). The molecule has 3 aromatic rings. The van der Waals surface area contributed by atoms with E-state index in [2.05, 4.69) is 5.10 Å². The molecule has 1 aliphatic carbocycles. The number of nitrogens with zero attached hydrogens (tertiary/aromatic N) is 3. The molecule has 0 fully saturated rings. The van der Waals surface area contributed by atoms with E-state index in [1.807, 2.05) is 24.3 Å². The summed E-state index contributed by atoms with van der Waals surface area (Å²) in [5.74, 6) is 0.430. The van der Waals surface area contributed by atoms with Crippen molar-refractivity contribution in [2.75, 3.05) is 0 Å². The second-order valence-corrected chi connectivity index (χ2v) is 7.34. The highest BCUT2D eigenvalue weighted by molar-refractivity contribution is 5.42. The minimum absolute atomic E-state index is 0.104. The van der Waals surface area contributed by atoms with Gasteiger partial charge in [0.25, 0.3) is 0 Å². The normalized spacial score (nSPS) is 20.6. The Labute approximate surface area is 166 Å². The van der Waals surface area contributed by atoms with Crippen molar-refractivity contribution in [2.24, 2.45) is 0 Å². The van der Waals surface area contributed by atoms with Gasteiger partial charge < -0.3 is 4.74 Å². The Bertz CT molecular complexity index is 1100. The molecular weight excluding hydrogens is 412 g/mol. The highest BCUT2D eigenvalue weighted by Gasteiger charge is 2.44. The Balaban J connectivity index is 1.63. The van der Waals surface area contributed by atoms with Crippen molar-refractivity contribution >= 4 is 0 Å². The zero-order valence-electron chi connectivity index (χ0n) is 15.2. The van der Waals surface area contributed by atoms with Crippen LogP contribution in [0.1, 0.15) is 34.1 Å².